The molecule has 0 bridgehead atoms. The normalized spacial score (nSPS) is 35.3. The van der Waals surface area contributed by atoms with E-state index < -0.39 is 12.3 Å². The molecule has 24 heavy (non-hydrogen) atoms. The van der Waals surface area contributed by atoms with Crippen LogP contribution in [0.25, 0.3) is 0 Å². The molecule has 1 aliphatic heterocycles. The number of hydrogen-bond donors (Lipinski definition) is 0. The Hall–Kier alpha value is -1.30. The van der Waals surface area contributed by atoms with Crippen molar-refractivity contribution < 1.29 is 28.5 Å². The van der Waals surface area contributed by atoms with Crippen LogP contribution in [-0.4, -0.2) is 44.7 Å². The van der Waals surface area contributed by atoms with Crippen LogP contribution in [0.2, 0.25) is 0 Å². The van der Waals surface area contributed by atoms with Crippen LogP contribution in [-0.2, 0) is 23.7 Å². The van der Waals surface area contributed by atoms with Crippen molar-refractivity contribution in [3.8, 4) is 0 Å². The fraction of sp³-hybridized carbons (Fsp3) is 0.889. The zero-order chi connectivity index (χ0) is 17.1. The topological polar surface area (TPSA) is 71.1 Å². The van der Waals surface area contributed by atoms with E-state index in [1.54, 1.807) is 7.11 Å². The van der Waals surface area contributed by atoms with Crippen LogP contribution < -0.4 is 0 Å². The van der Waals surface area contributed by atoms with Gasteiger partial charge in [0.2, 0.25) is 0 Å². The van der Waals surface area contributed by atoms with Gasteiger partial charge in [0.1, 0.15) is 13.2 Å². The second kappa shape index (κ2) is 7.72. The molecular formula is C18H28O6. The van der Waals surface area contributed by atoms with E-state index in [-0.39, 0.29) is 25.1 Å². The molecule has 0 aromatic carbocycles. The molecular weight excluding hydrogens is 312 g/mol. The molecule has 0 N–H and O–H groups in total. The minimum absolute atomic E-state index is 0.0884. The minimum atomic E-state index is -0.694. The molecule has 1 heterocycles. The number of carbonyl (C=O) groups is 2. The Morgan fingerprint density at radius 1 is 1.04 bits per heavy atom. The van der Waals surface area contributed by atoms with E-state index in [1.165, 1.54) is 12.8 Å². The first kappa shape index (κ1) is 17.5. The molecule has 0 spiro atoms. The fourth-order valence-corrected chi connectivity index (χ4v) is 4.49. The van der Waals surface area contributed by atoms with E-state index in [0.29, 0.717) is 17.9 Å². The lowest BCUT2D eigenvalue weighted by atomic mass is 9.64. The SMILES string of the molecule is COC1CCC2CC(C(C)C(=O)OC3COC(=O)OC3)CCC2C1. The molecule has 2 saturated carbocycles. The second-order valence-electron chi connectivity index (χ2n) is 7.48. The molecule has 0 aromatic rings. The smallest absolute Gasteiger partial charge is 0.455 e. The van der Waals surface area contributed by atoms with Crippen molar-refractivity contribution >= 4 is 12.1 Å². The van der Waals surface area contributed by atoms with Crippen LogP contribution in [0.15, 0.2) is 0 Å². The van der Waals surface area contributed by atoms with Gasteiger partial charge in [0.15, 0.2) is 6.10 Å². The van der Waals surface area contributed by atoms with Crippen LogP contribution >= 0.6 is 0 Å². The largest absolute Gasteiger partial charge is 0.508 e. The van der Waals surface area contributed by atoms with E-state index >= 15 is 0 Å². The lowest BCUT2D eigenvalue weighted by molar-refractivity contribution is -0.165. The Labute approximate surface area is 143 Å². The van der Waals surface area contributed by atoms with Gasteiger partial charge in [0.25, 0.3) is 0 Å². The Balaban J connectivity index is 1.48. The number of methoxy groups -OCH3 is 1. The molecule has 0 aromatic heterocycles. The van der Waals surface area contributed by atoms with Gasteiger partial charge in [0, 0.05) is 7.11 Å². The Morgan fingerprint density at radius 2 is 1.71 bits per heavy atom. The average molecular weight is 340 g/mol. The van der Waals surface area contributed by atoms with Gasteiger partial charge in [-0.3, -0.25) is 4.79 Å². The highest BCUT2D eigenvalue weighted by Crippen LogP contribution is 2.45. The van der Waals surface area contributed by atoms with Crippen LogP contribution in [0.5, 0.6) is 0 Å². The summed E-state index contributed by atoms with van der Waals surface area (Å²) in [6, 6.07) is 0. The van der Waals surface area contributed by atoms with E-state index in [4.69, 9.17) is 18.9 Å². The summed E-state index contributed by atoms with van der Waals surface area (Å²) >= 11 is 0. The summed E-state index contributed by atoms with van der Waals surface area (Å²) in [7, 11) is 1.81. The number of cyclic esters (lactones) is 2. The quantitative estimate of drug-likeness (QED) is 0.733. The lowest BCUT2D eigenvalue weighted by Gasteiger charge is -2.43. The number of ether oxygens (including phenoxy) is 4. The fourth-order valence-electron chi connectivity index (χ4n) is 4.49. The monoisotopic (exact) mass is 340 g/mol. The highest BCUT2D eigenvalue weighted by molar-refractivity contribution is 5.72. The van der Waals surface area contributed by atoms with Crippen LogP contribution in [0.3, 0.4) is 0 Å². The first-order valence-corrected chi connectivity index (χ1v) is 9.09. The predicted octanol–water partition coefficient (Wildman–Crippen LogP) is 2.93. The van der Waals surface area contributed by atoms with Crippen molar-refractivity contribution in [3.63, 3.8) is 0 Å². The third kappa shape index (κ3) is 4.02. The van der Waals surface area contributed by atoms with Crippen LogP contribution in [0.1, 0.15) is 45.4 Å². The van der Waals surface area contributed by atoms with Crippen molar-refractivity contribution in [1.29, 1.82) is 0 Å². The average Bonchev–Trinajstić information content (AvgIpc) is 2.62. The summed E-state index contributed by atoms with van der Waals surface area (Å²) < 4.78 is 20.5. The van der Waals surface area contributed by atoms with Crippen molar-refractivity contribution in [1.82, 2.24) is 0 Å². The molecule has 3 rings (SSSR count). The van der Waals surface area contributed by atoms with Crippen molar-refractivity contribution in [3.05, 3.63) is 0 Å². The molecule has 5 atom stereocenters. The first-order valence-electron chi connectivity index (χ1n) is 9.09. The maximum absolute atomic E-state index is 12.4. The summed E-state index contributed by atoms with van der Waals surface area (Å²) in [6.45, 7) is 2.14. The zero-order valence-electron chi connectivity index (χ0n) is 14.6. The number of fused-ring (bicyclic) bond motifs is 1. The predicted molar refractivity (Wildman–Crippen MR) is 85.3 cm³/mol. The maximum atomic E-state index is 12.4. The molecule has 3 fully saturated rings. The molecule has 0 amide bonds. The highest BCUT2D eigenvalue weighted by atomic mass is 16.7. The molecule has 6 nitrogen and oxygen atoms in total. The van der Waals surface area contributed by atoms with Gasteiger partial charge < -0.3 is 18.9 Å². The third-order valence-electron chi connectivity index (χ3n) is 6.07. The standard InChI is InChI=1S/C18H28O6/c1-11(17(19)24-16-9-22-18(20)23-10-16)12-3-4-14-8-15(21-2)6-5-13(14)7-12/h11-16H,3-10H2,1-2H3. The summed E-state index contributed by atoms with van der Waals surface area (Å²) in [5.74, 6) is 1.52. The van der Waals surface area contributed by atoms with Gasteiger partial charge in [-0.25, -0.2) is 4.79 Å². The van der Waals surface area contributed by atoms with Gasteiger partial charge in [0.05, 0.1) is 12.0 Å². The molecule has 0 radical (unpaired) electrons. The second-order valence-corrected chi connectivity index (χ2v) is 7.48. The first-order chi connectivity index (χ1) is 11.6. The molecule has 1 saturated heterocycles. The Kier molecular flexibility index (Phi) is 5.64. The summed E-state index contributed by atoms with van der Waals surface area (Å²) in [5, 5.41) is 0. The third-order valence-corrected chi connectivity index (χ3v) is 6.07. The molecule has 136 valence electrons. The lowest BCUT2D eigenvalue weighted by Crippen LogP contribution is -2.40. The number of hydrogen-bond acceptors (Lipinski definition) is 6. The van der Waals surface area contributed by atoms with E-state index in [2.05, 4.69) is 0 Å². The van der Waals surface area contributed by atoms with Crippen molar-refractivity contribution in [2.45, 2.75) is 57.7 Å². The Bertz CT molecular complexity index is 454. The van der Waals surface area contributed by atoms with Gasteiger partial charge >= 0.3 is 12.1 Å². The minimum Gasteiger partial charge on any atom is -0.455 e. The van der Waals surface area contributed by atoms with Gasteiger partial charge in [-0.05, 0) is 56.3 Å². The maximum Gasteiger partial charge on any atom is 0.508 e. The number of carbonyl (C=O) groups excluding carboxylic acids is 2. The zero-order valence-corrected chi connectivity index (χ0v) is 14.6. The summed E-state index contributed by atoms with van der Waals surface area (Å²) in [6.07, 6.45) is 6.10. The van der Waals surface area contributed by atoms with Gasteiger partial charge in [-0.1, -0.05) is 6.92 Å². The van der Waals surface area contributed by atoms with Gasteiger partial charge in [-0.15, -0.1) is 0 Å². The summed E-state index contributed by atoms with van der Waals surface area (Å²) in [4.78, 5) is 23.3. The van der Waals surface area contributed by atoms with Crippen molar-refractivity contribution in [2.75, 3.05) is 20.3 Å². The Morgan fingerprint density at radius 3 is 2.42 bits per heavy atom. The molecule has 6 heteroatoms. The molecule has 2 aliphatic carbocycles. The van der Waals surface area contributed by atoms with E-state index in [0.717, 1.165) is 31.6 Å². The van der Waals surface area contributed by atoms with Crippen LogP contribution in [0, 0.1) is 23.7 Å². The van der Waals surface area contributed by atoms with E-state index in [9.17, 15) is 9.59 Å². The van der Waals surface area contributed by atoms with Crippen LogP contribution in [0.4, 0.5) is 4.79 Å². The summed E-state index contributed by atoms with van der Waals surface area (Å²) in [5.41, 5.74) is 0. The van der Waals surface area contributed by atoms with E-state index in [1.807, 2.05) is 6.92 Å². The van der Waals surface area contributed by atoms with Crippen molar-refractivity contribution in [2.24, 2.45) is 23.7 Å². The molecule has 3 aliphatic rings. The number of rotatable bonds is 4. The van der Waals surface area contributed by atoms with Gasteiger partial charge in [-0.2, -0.15) is 0 Å². The highest BCUT2D eigenvalue weighted by Gasteiger charge is 2.39. The number of esters is 1. The molecule has 5 unspecified atom stereocenters.